The van der Waals surface area contributed by atoms with Crippen molar-refractivity contribution >= 4 is 5.69 Å². The van der Waals surface area contributed by atoms with E-state index in [0.29, 0.717) is 0 Å². The van der Waals surface area contributed by atoms with Gasteiger partial charge in [0.05, 0.1) is 18.9 Å². The van der Waals surface area contributed by atoms with Crippen LogP contribution in [0, 0.1) is 6.92 Å². The molecule has 1 saturated heterocycles. The molecule has 26 heavy (non-hydrogen) atoms. The van der Waals surface area contributed by atoms with Crippen molar-refractivity contribution in [3.63, 3.8) is 0 Å². The summed E-state index contributed by atoms with van der Waals surface area (Å²) in [6, 6.07) is 16.8. The summed E-state index contributed by atoms with van der Waals surface area (Å²) < 4.78 is 5.48. The number of ether oxygens (including phenoxy) is 1. The summed E-state index contributed by atoms with van der Waals surface area (Å²) in [6.45, 7) is 6.73. The largest absolute Gasteiger partial charge is 0.495 e. The van der Waals surface area contributed by atoms with Gasteiger partial charge in [0.2, 0.25) is 0 Å². The van der Waals surface area contributed by atoms with Crippen LogP contribution in [-0.4, -0.2) is 55.9 Å². The highest BCUT2D eigenvalue weighted by Gasteiger charge is 2.21. The number of benzene rings is 2. The van der Waals surface area contributed by atoms with E-state index in [9.17, 15) is 5.11 Å². The average molecular weight is 354 g/mol. The summed E-state index contributed by atoms with van der Waals surface area (Å²) in [5.74, 6) is 0.930. The van der Waals surface area contributed by atoms with Crippen LogP contribution in [0.1, 0.15) is 17.5 Å². The van der Waals surface area contributed by atoms with Gasteiger partial charge in [-0.1, -0.05) is 42.0 Å². The Kier molecular flexibility index (Phi) is 6.53. The van der Waals surface area contributed by atoms with E-state index in [0.717, 1.165) is 57.0 Å². The topological polar surface area (TPSA) is 35.9 Å². The lowest BCUT2D eigenvalue weighted by Gasteiger charge is -2.37. The van der Waals surface area contributed by atoms with E-state index in [1.165, 1.54) is 11.1 Å². The molecule has 0 aliphatic carbocycles. The van der Waals surface area contributed by atoms with E-state index >= 15 is 0 Å². The number of rotatable bonds is 7. The van der Waals surface area contributed by atoms with Gasteiger partial charge in [-0.3, -0.25) is 4.90 Å². The molecule has 0 aromatic heterocycles. The molecule has 1 atom stereocenters. The number of aliphatic hydroxyl groups excluding tert-OH is 1. The molecule has 4 nitrogen and oxygen atoms in total. The number of β-amino-alcohol motifs (C(OH)–C–C–N with tert-alkyl or cyclic N) is 1. The van der Waals surface area contributed by atoms with E-state index < -0.39 is 0 Å². The van der Waals surface area contributed by atoms with Crippen molar-refractivity contribution in [1.82, 2.24) is 4.90 Å². The van der Waals surface area contributed by atoms with Gasteiger partial charge in [-0.05, 0) is 37.5 Å². The molecule has 1 heterocycles. The summed E-state index contributed by atoms with van der Waals surface area (Å²) in [5, 5.41) is 10.4. The predicted octanol–water partition coefficient (Wildman–Crippen LogP) is 3.12. The van der Waals surface area contributed by atoms with Crippen molar-refractivity contribution < 1.29 is 9.84 Å². The molecule has 1 aliphatic heterocycles. The zero-order valence-corrected chi connectivity index (χ0v) is 15.9. The second kappa shape index (κ2) is 9.06. The van der Waals surface area contributed by atoms with E-state index in [1.807, 2.05) is 12.1 Å². The van der Waals surface area contributed by atoms with Crippen LogP contribution in [0.25, 0.3) is 0 Å². The Bertz CT molecular complexity index is 679. The number of methoxy groups -OCH3 is 1. The third-order valence-corrected chi connectivity index (χ3v) is 5.15. The molecule has 1 fully saturated rings. The molecular weight excluding hydrogens is 324 g/mol. The molecule has 1 N–H and O–H groups in total. The summed E-state index contributed by atoms with van der Waals surface area (Å²) in [6.07, 6.45) is 1.48. The summed E-state index contributed by atoms with van der Waals surface area (Å²) in [4.78, 5) is 4.74. The minimum Gasteiger partial charge on any atom is -0.495 e. The van der Waals surface area contributed by atoms with Gasteiger partial charge in [0.25, 0.3) is 0 Å². The Labute approximate surface area is 157 Å². The summed E-state index contributed by atoms with van der Waals surface area (Å²) in [7, 11) is 1.72. The number of para-hydroxylation sites is 2. The highest BCUT2D eigenvalue weighted by molar-refractivity contribution is 5.58. The van der Waals surface area contributed by atoms with Crippen molar-refractivity contribution in [2.24, 2.45) is 0 Å². The first-order chi connectivity index (χ1) is 12.7. The SMILES string of the molecule is COc1ccccc1N1CCN(CC(O)CCc2ccc(C)cc2)CC1. The molecule has 0 bridgehead atoms. The fraction of sp³-hybridized carbons (Fsp3) is 0.455. The first-order valence-electron chi connectivity index (χ1n) is 9.49. The van der Waals surface area contributed by atoms with E-state index in [2.05, 4.69) is 53.1 Å². The minimum atomic E-state index is -0.269. The fourth-order valence-corrected chi connectivity index (χ4v) is 3.54. The second-order valence-corrected chi connectivity index (χ2v) is 7.14. The maximum absolute atomic E-state index is 10.4. The van der Waals surface area contributed by atoms with Crippen molar-refractivity contribution in [3.8, 4) is 5.75 Å². The number of anilines is 1. The second-order valence-electron chi connectivity index (χ2n) is 7.14. The number of piperazine rings is 1. The zero-order chi connectivity index (χ0) is 18.4. The molecule has 0 spiro atoms. The van der Waals surface area contributed by atoms with Gasteiger partial charge in [-0.2, -0.15) is 0 Å². The maximum atomic E-state index is 10.4. The van der Waals surface area contributed by atoms with Crippen LogP contribution in [-0.2, 0) is 6.42 Å². The molecule has 140 valence electrons. The van der Waals surface area contributed by atoms with E-state index in [4.69, 9.17) is 4.74 Å². The number of hydrogen-bond donors (Lipinski definition) is 1. The molecule has 3 rings (SSSR count). The smallest absolute Gasteiger partial charge is 0.142 e. The van der Waals surface area contributed by atoms with Crippen LogP contribution in [0.5, 0.6) is 5.75 Å². The standard InChI is InChI=1S/C22H30N2O2/c1-18-7-9-19(10-8-18)11-12-20(25)17-23-13-15-24(16-14-23)21-5-3-4-6-22(21)26-2/h3-10,20,25H,11-17H2,1-2H3. The van der Waals surface area contributed by atoms with Crippen molar-refractivity contribution in [2.75, 3.05) is 44.7 Å². The third-order valence-electron chi connectivity index (χ3n) is 5.15. The van der Waals surface area contributed by atoms with Crippen LogP contribution in [0.4, 0.5) is 5.69 Å². The summed E-state index contributed by atoms with van der Waals surface area (Å²) >= 11 is 0. The van der Waals surface area contributed by atoms with Crippen molar-refractivity contribution in [1.29, 1.82) is 0 Å². The normalized spacial score (nSPS) is 16.5. The Morgan fingerprint density at radius 3 is 2.38 bits per heavy atom. The van der Waals surface area contributed by atoms with Gasteiger partial charge in [0.15, 0.2) is 0 Å². The molecule has 2 aromatic carbocycles. The number of aryl methyl sites for hydroxylation is 2. The molecule has 0 amide bonds. The number of nitrogens with zero attached hydrogens (tertiary/aromatic N) is 2. The van der Waals surface area contributed by atoms with Crippen molar-refractivity contribution in [3.05, 3.63) is 59.7 Å². The van der Waals surface area contributed by atoms with Crippen LogP contribution in [0.15, 0.2) is 48.5 Å². The Morgan fingerprint density at radius 2 is 1.69 bits per heavy atom. The predicted molar refractivity (Wildman–Crippen MR) is 107 cm³/mol. The fourth-order valence-electron chi connectivity index (χ4n) is 3.54. The van der Waals surface area contributed by atoms with Gasteiger partial charge in [-0.15, -0.1) is 0 Å². The summed E-state index contributed by atoms with van der Waals surface area (Å²) in [5.41, 5.74) is 3.74. The molecule has 1 aliphatic rings. The van der Waals surface area contributed by atoms with Gasteiger partial charge in [0, 0.05) is 32.7 Å². The molecular formula is C22H30N2O2. The van der Waals surface area contributed by atoms with Crippen LogP contribution < -0.4 is 9.64 Å². The third kappa shape index (κ3) is 4.99. The highest BCUT2D eigenvalue weighted by Crippen LogP contribution is 2.28. The van der Waals surface area contributed by atoms with Crippen LogP contribution in [0.3, 0.4) is 0 Å². The number of aliphatic hydroxyl groups is 1. The van der Waals surface area contributed by atoms with Crippen LogP contribution >= 0.6 is 0 Å². The van der Waals surface area contributed by atoms with E-state index in [-0.39, 0.29) is 6.10 Å². The van der Waals surface area contributed by atoms with E-state index in [1.54, 1.807) is 7.11 Å². The highest BCUT2D eigenvalue weighted by atomic mass is 16.5. The lowest BCUT2D eigenvalue weighted by atomic mass is 10.0. The monoisotopic (exact) mass is 354 g/mol. The Hall–Kier alpha value is -2.04. The Morgan fingerprint density at radius 1 is 1.00 bits per heavy atom. The maximum Gasteiger partial charge on any atom is 0.142 e. The quantitative estimate of drug-likeness (QED) is 0.829. The molecule has 0 saturated carbocycles. The lowest BCUT2D eigenvalue weighted by molar-refractivity contribution is 0.102. The Balaban J connectivity index is 1.44. The molecule has 2 aromatic rings. The molecule has 0 radical (unpaired) electrons. The average Bonchev–Trinajstić information content (AvgIpc) is 2.68. The van der Waals surface area contributed by atoms with Gasteiger partial charge in [0.1, 0.15) is 5.75 Å². The first kappa shape index (κ1) is 18.7. The van der Waals surface area contributed by atoms with Gasteiger partial charge in [-0.25, -0.2) is 0 Å². The van der Waals surface area contributed by atoms with Gasteiger partial charge >= 0.3 is 0 Å². The number of hydrogen-bond acceptors (Lipinski definition) is 4. The molecule has 4 heteroatoms. The zero-order valence-electron chi connectivity index (χ0n) is 15.9. The van der Waals surface area contributed by atoms with Gasteiger partial charge < -0.3 is 14.7 Å². The van der Waals surface area contributed by atoms with Crippen LogP contribution in [0.2, 0.25) is 0 Å². The molecule has 1 unspecified atom stereocenters. The first-order valence-corrected chi connectivity index (χ1v) is 9.49. The lowest BCUT2D eigenvalue weighted by Crippen LogP contribution is -2.48. The minimum absolute atomic E-state index is 0.269. The van der Waals surface area contributed by atoms with Crippen molar-refractivity contribution in [2.45, 2.75) is 25.9 Å².